The standard InChI is InChI=1S/C25H35N5O2S/c1-18-8-9-21(19(2)16-18)17-29-12-14-30(15-13-29)23(32)11-10-22(31)26-25-28-27-24(33-25)20-6-4-3-5-7-20/h8-9,16,20H,3-7,10-15,17H2,1-2H3,(H,26,28,31). The zero-order valence-corrected chi connectivity index (χ0v) is 20.6. The van der Waals surface area contributed by atoms with Crippen LogP contribution in [-0.4, -0.2) is 58.0 Å². The van der Waals surface area contributed by atoms with E-state index in [2.05, 4.69) is 52.5 Å². The Morgan fingerprint density at radius 3 is 2.52 bits per heavy atom. The lowest BCUT2D eigenvalue weighted by Gasteiger charge is -2.35. The molecule has 8 heteroatoms. The van der Waals surface area contributed by atoms with Crippen molar-refractivity contribution in [2.24, 2.45) is 0 Å². The fourth-order valence-corrected chi connectivity index (χ4v) is 5.71. The largest absolute Gasteiger partial charge is 0.340 e. The van der Waals surface area contributed by atoms with E-state index in [4.69, 9.17) is 0 Å². The first kappa shape index (κ1) is 23.8. The van der Waals surface area contributed by atoms with Gasteiger partial charge < -0.3 is 10.2 Å². The first-order valence-electron chi connectivity index (χ1n) is 12.2. The van der Waals surface area contributed by atoms with Gasteiger partial charge in [-0.05, 0) is 37.8 Å². The van der Waals surface area contributed by atoms with Gasteiger partial charge >= 0.3 is 0 Å². The van der Waals surface area contributed by atoms with Gasteiger partial charge in [0.25, 0.3) is 0 Å². The monoisotopic (exact) mass is 469 g/mol. The lowest BCUT2D eigenvalue weighted by Crippen LogP contribution is -2.48. The third-order valence-corrected chi connectivity index (χ3v) is 7.83. The summed E-state index contributed by atoms with van der Waals surface area (Å²) in [6.07, 6.45) is 6.53. The number of amides is 2. The van der Waals surface area contributed by atoms with Crippen LogP contribution in [0.2, 0.25) is 0 Å². The quantitative estimate of drug-likeness (QED) is 0.655. The zero-order chi connectivity index (χ0) is 23.2. The number of nitrogens with one attached hydrogen (secondary N) is 1. The van der Waals surface area contributed by atoms with Crippen molar-refractivity contribution in [3.63, 3.8) is 0 Å². The molecule has 0 radical (unpaired) electrons. The fourth-order valence-electron chi connectivity index (χ4n) is 4.78. The Labute approximate surface area is 200 Å². The predicted octanol–water partition coefficient (Wildman–Crippen LogP) is 4.27. The van der Waals surface area contributed by atoms with Gasteiger partial charge in [-0.1, -0.05) is 54.4 Å². The summed E-state index contributed by atoms with van der Waals surface area (Å²) in [6, 6.07) is 6.58. The first-order chi connectivity index (χ1) is 16.0. The molecule has 2 aliphatic rings. The van der Waals surface area contributed by atoms with Gasteiger partial charge in [-0.25, -0.2) is 0 Å². The highest BCUT2D eigenvalue weighted by Gasteiger charge is 2.23. The van der Waals surface area contributed by atoms with Crippen LogP contribution >= 0.6 is 11.3 Å². The molecule has 1 saturated carbocycles. The number of anilines is 1. The molecule has 1 saturated heterocycles. The minimum Gasteiger partial charge on any atom is -0.340 e. The van der Waals surface area contributed by atoms with Gasteiger partial charge in [0.15, 0.2) is 0 Å². The Kier molecular flexibility index (Phi) is 8.09. The number of rotatable bonds is 7. The van der Waals surface area contributed by atoms with Gasteiger partial charge in [0.1, 0.15) is 5.01 Å². The van der Waals surface area contributed by atoms with E-state index in [0.717, 1.165) is 37.5 Å². The van der Waals surface area contributed by atoms with E-state index in [1.165, 1.54) is 47.3 Å². The molecule has 1 aliphatic heterocycles. The van der Waals surface area contributed by atoms with E-state index < -0.39 is 0 Å². The third-order valence-electron chi connectivity index (χ3n) is 6.82. The lowest BCUT2D eigenvalue weighted by molar-refractivity contribution is -0.134. The number of hydrogen-bond acceptors (Lipinski definition) is 6. The van der Waals surface area contributed by atoms with Crippen molar-refractivity contribution < 1.29 is 9.59 Å². The predicted molar refractivity (Wildman–Crippen MR) is 131 cm³/mol. The fraction of sp³-hybridized carbons (Fsp3) is 0.600. The minimum atomic E-state index is -0.164. The SMILES string of the molecule is Cc1ccc(CN2CCN(C(=O)CCC(=O)Nc3nnc(C4CCCCC4)s3)CC2)c(C)c1. The molecule has 33 heavy (non-hydrogen) atoms. The molecule has 0 spiro atoms. The maximum Gasteiger partial charge on any atom is 0.226 e. The van der Waals surface area contributed by atoms with Crippen LogP contribution in [-0.2, 0) is 16.1 Å². The molecule has 0 bridgehead atoms. The van der Waals surface area contributed by atoms with Crippen LogP contribution in [0.25, 0.3) is 0 Å². The summed E-state index contributed by atoms with van der Waals surface area (Å²) in [5.74, 6) is 0.372. The van der Waals surface area contributed by atoms with Crippen LogP contribution in [0.5, 0.6) is 0 Å². The van der Waals surface area contributed by atoms with Gasteiger partial charge in [0.2, 0.25) is 16.9 Å². The van der Waals surface area contributed by atoms with E-state index in [9.17, 15) is 9.59 Å². The van der Waals surface area contributed by atoms with Crippen molar-refractivity contribution in [1.29, 1.82) is 0 Å². The number of hydrogen-bond donors (Lipinski definition) is 1. The van der Waals surface area contributed by atoms with Crippen LogP contribution in [0.15, 0.2) is 18.2 Å². The van der Waals surface area contributed by atoms with Crippen LogP contribution < -0.4 is 5.32 Å². The van der Waals surface area contributed by atoms with Gasteiger partial charge in [-0.15, -0.1) is 10.2 Å². The summed E-state index contributed by atoms with van der Waals surface area (Å²) >= 11 is 1.48. The number of aryl methyl sites for hydroxylation is 2. The Morgan fingerprint density at radius 2 is 1.79 bits per heavy atom. The number of benzene rings is 1. The highest BCUT2D eigenvalue weighted by molar-refractivity contribution is 7.15. The van der Waals surface area contributed by atoms with Crippen LogP contribution in [0.4, 0.5) is 5.13 Å². The summed E-state index contributed by atoms with van der Waals surface area (Å²) < 4.78 is 0. The number of nitrogens with zero attached hydrogens (tertiary/aromatic N) is 4. The van der Waals surface area contributed by atoms with Crippen molar-refractivity contribution >= 4 is 28.3 Å². The molecule has 1 aromatic carbocycles. The maximum atomic E-state index is 12.6. The lowest BCUT2D eigenvalue weighted by atomic mass is 9.90. The average molecular weight is 470 g/mol. The number of carbonyl (C=O) groups is 2. The van der Waals surface area contributed by atoms with E-state index in [1.54, 1.807) is 0 Å². The Bertz CT molecular complexity index is 961. The van der Waals surface area contributed by atoms with E-state index in [0.29, 0.717) is 24.1 Å². The highest BCUT2D eigenvalue weighted by atomic mass is 32.1. The summed E-state index contributed by atoms with van der Waals surface area (Å²) in [6.45, 7) is 8.34. The average Bonchev–Trinajstić information content (AvgIpc) is 3.29. The zero-order valence-electron chi connectivity index (χ0n) is 19.8. The van der Waals surface area contributed by atoms with Gasteiger partial charge in [-0.3, -0.25) is 14.5 Å². The molecule has 2 amide bonds. The van der Waals surface area contributed by atoms with Crippen molar-refractivity contribution in [3.05, 3.63) is 39.9 Å². The van der Waals surface area contributed by atoms with Crippen molar-refractivity contribution in [1.82, 2.24) is 20.0 Å². The molecule has 1 N–H and O–H groups in total. The number of carbonyl (C=O) groups excluding carboxylic acids is 2. The second-order valence-electron chi connectivity index (χ2n) is 9.42. The van der Waals surface area contributed by atoms with E-state index in [1.807, 2.05) is 4.90 Å². The molecule has 4 rings (SSSR count). The Balaban J connectivity index is 1.17. The van der Waals surface area contributed by atoms with Gasteiger partial charge in [0, 0.05) is 51.5 Å². The second kappa shape index (κ2) is 11.2. The molecule has 1 aromatic heterocycles. The minimum absolute atomic E-state index is 0.0523. The van der Waals surface area contributed by atoms with Gasteiger partial charge in [-0.2, -0.15) is 0 Å². The van der Waals surface area contributed by atoms with Crippen LogP contribution in [0.1, 0.15) is 72.6 Å². The highest BCUT2D eigenvalue weighted by Crippen LogP contribution is 2.35. The van der Waals surface area contributed by atoms with Crippen molar-refractivity contribution in [2.45, 2.75) is 71.3 Å². The summed E-state index contributed by atoms with van der Waals surface area (Å²) in [5.41, 5.74) is 3.95. The number of aromatic nitrogens is 2. The van der Waals surface area contributed by atoms with E-state index in [-0.39, 0.29) is 24.7 Å². The van der Waals surface area contributed by atoms with Crippen LogP contribution in [0.3, 0.4) is 0 Å². The second-order valence-corrected chi connectivity index (χ2v) is 10.4. The normalized spacial score (nSPS) is 17.8. The molecule has 178 valence electrons. The molecule has 2 heterocycles. The molecule has 2 fully saturated rings. The molecule has 2 aromatic rings. The molecule has 0 atom stereocenters. The van der Waals surface area contributed by atoms with Gasteiger partial charge in [0.05, 0.1) is 0 Å². The topological polar surface area (TPSA) is 78.4 Å². The smallest absolute Gasteiger partial charge is 0.226 e. The van der Waals surface area contributed by atoms with Crippen molar-refractivity contribution in [3.8, 4) is 0 Å². The molecular formula is C25H35N5O2S. The molecule has 1 aliphatic carbocycles. The molecule has 7 nitrogen and oxygen atoms in total. The summed E-state index contributed by atoms with van der Waals surface area (Å²) in [7, 11) is 0. The molecule has 0 unspecified atom stereocenters. The maximum absolute atomic E-state index is 12.6. The number of piperazine rings is 1. The summed E-state index contributed by atoms with van der Waals surface area (Å²) in [4.78, 5) is 29.3. The Morgan fingerprint density at radius 1 is 1.03 bits per heavy atom. The molecular weight excluding hydrogens is 434 g/mol. The summed E-state index contributed by atoms with van der Waals surface area (Å²) in [5, 5.41) is 12.8. The Hall–Kier alpha value is -2.32. The third kappa shape index (κ3) is 6.60. The first-order valence-corrected chi connectivity index (χ1v) is 13.0. The van der Waals surface area contributed by atoms with Crippen molar-refractivity contribution in [2.75, 3.05) is 31.5 Å². The van der Waals surface area contributed by atoms with Crippen LogP contribution in [0, 0.1) is 13.8 Å². The van der Waals surface area contributed by atoms with E-state index >= 15 is 0 Å².